The molecule has 6 heteroatoms. The third-order valence-electron chi connectivity index (χ3n) is 6.08. The number of aromatic hydroxyl groups is 1. The maximum atomic E-state index is 12.4. The van der Waals surface area contributed by atoms with Gasteiger partial charge in [-0.25, -0.2) is 0 Å². The number of amides is 1. The molecule has 6 nitrogen and oxygen atoms in total. The Bertz CT molecular complexity index is 693. The lowest BCUT2D eigenvalue weighted by Gasteiger charge is -2.49. The Hall–Kier alpha value is -2.05. The van der Waals surface area contributed by atoms with E-state index >= 15 is 0 Å². The molecule has 2 heterocycles. The van der Waals surface area contributed by atoms with Crippen LogP contribution in [0.25, 0.3) is 0 Å². The molecular formula is C21H31N3O3. The van der Waals surface area contributed by atoms with Crippen LogP contribution < -0.4 is 4.74 Å². The molecule has 0 bridgehead atoms. The molecule has 0 unspecified atom stereocenters. The average Bonchev–Trinajstić information content (AvgIpc) is 2.80. The summed E-state index contributed by atoms with van der Waals surface area (Å²) in [5.74, 6) is 0.912. The van der Waals surface area contributed by atoms with Crippen molar-refractivity contribution in [1.29, 1.82) is 0 Å². The SMILES string of the molecule is C=CCN1CC[C@@]2(CCC1=O)CN(Cc1ccc(OC)c(O)c1)CCN2C. The number of phenols is 1. The number of nitrogens with zero attached hydrogens (tertiary/aromatic N) is 3. The number of hydrogen-bond donors (Lipinski definition) is 1. The molecule has 0 saturated carbocycles. The molecule has 0 aliphatic carbocycles. The highest BCUT2D eigenvalue weighted by atomic mass is 16.5. The highest BCUT2D eigenvalue weighted by molar-refractivity contribution is 5.76. The van der Waals surface area contributed by atoms with Gasteiger partial charge in [-0.2, -0.15) is 0 Å². The zero-order chi connectivity index (χ0) is 19.4. The van der Waals surface area contributed by atoms with Crippen LogP contribution >= 0.6 is 0 Å². The number of likely N-dealkylation sites (N-methyl/N-ethyl adjacent to an activating group) is 1. The number of carbonyl (C=O) groups is 1. The van der Waals surface area contributed by atoms with Crippen molar-refractivity contribution in [2.24, 2.45) is 0 Å². The number of methoxy groups -OCH3 is 1. The van der Waals surface area contributed by atoms with Crippen LogP contribution in [-0.2, 0) is 11.3 Å². The summed E-state index contributed by atoms with van der Waals surface area (Å²) < 4.78 is 5.13. The zero-order valence-corrected chi connectivity index (χ0v) is 16.5. The number of piperazine rings is 1. The van der Waals surface area contributed by atoms with E-state index in [1.165, 1.54) is 0 Å². The molecule has 2 aliphatic rings. The van der Waals surface area contributed by atoms with Gasteiger partial charge in [-0.3, -0.25) is 14.6 Å². The Morgan fingerprint density at radius 2 is 2.11 bits per heavy atom. The van der Waals surface area contributed by atoms with Crippen LogP contribution in [0.3, 0.4) is 0 Å². The van der Waals surface area contributed by atoms with Gasteiger partial charge in [-0.15, -0.1) is 6.58 Å². The predicted octanol–water partition coefficient (Wildman–Crippen LogP) is 2.09. The second-order valence-corrected chi connectivity index (χ2v) is 7.74. The van der Waals surface area contributed by atoms with Crippen molar-refractivity contribution in [2.75, 3.05) is 46.9 Å². The molecule has 1 atom stereocenters. The number of ether oxygens (including phenoxy) is 1. The van der Waals surface area contributed by atoms with E-state index in [-0.39, 0.29) is 17.2 Å². The molecule has 2 fully saturated rings. The normalized spacial score (nSPS) is 24.8. The van der Waals surface area contributed by atoms with E-state index < -0.39 is 0 Å². The van der Waals surface area contributed by atoms with E-state index in [0.29, 0.717) is 18.7 Å². The molecule has 0 radical (unpaired) electrons. The van der Waals surface area contributed by atoms with Crippen LogP contribution in [0, 0.1) is 0 Å². The van der Waals surface area contributed by atoms with Gasteiger partial charge in [0.2, 0.25) is 5.91 Å². The van der Waals surface area contributed by atoms with Gasteiger partial charge in [-0.05, 0) is 37.6 Å². The standard InChI is InChI=1S/C21H31N3O3/c1-4-10-24-11-9-21(8-7-20(24)26)16-23(13-12-22(21)2)15-17-5-6-19(27-3)18(25)14-17/h4-6,14,25H,1,7-13,15-16H2,2-3H3/t21-/m0/s1. The number of rotatable bonds is 5. The van der Waals surface area contributed by atoms with Gasteiger partial charge >= 0.3 is 0 Å². The van der Waals surface area contributed by atoms with Gasteiger partial charge in [-0.1, -0.05) is 12.1 Å². The van der Waals surface area contributed by atoms with Crippen LogP contribution in [-0.4, -0.2) is 78.1 Å². The molecule has 1 amide bonds. The van der Waals surface area contributed by atoms with Crippen LogP contribution in [0.15, 0.2) is 30.9 Å². The Balaban J connectivity index is 1.71. The van der Waals surface area contributed by atoms with E-state index in [2.05, 4.69) is 23.4 Å². The number of carbonyl (C=O) groups excluding carboxylic acids is 1. The predicted molar refractivity (Wildman–Crippen MR) is 106 cm³/mol. The summed E-state index contributed by atoms with van der Waals surface area (Å²) >= 11 is 0. The van der Waals surface area contributed by atoms with E-state index in [0.717, 1.165) is 51.1 Å². The third-order valence-corrected chi connectivity index (χ3v) is 6.08. The summed E-state index contributed by atoms with van der Waals surface area (Å²) in [4.78, 5) is 19.2. The van der Waals surface area contributed by atoms with Crippen LogP contribution in [0.2, 0.25) is 0 Å². The molecule has 1 N–H and O–H groups in total. The molecule has 148 valence electrons. The first-order valence-electron chi connectivity index (χ1n) is 9.65. The first kappa shape index (κ1) is 19.7. The first-order valence-corrected chi connectivity index (χ1v) is 9.65. The van der Waals surface area contributed by atoms with Crippen molar-refractivity contribution < 1.29 is 14.6 Å². The Morgan fingerprint density at radius 3 is 2.81 bits per heavy atom. The topological polar surface area (TPSA) is 56.3 Å². The molecule has 2 aliphatic heterocycles. The van der Waals surface area contributed by atoms with Crippen molar-refractivity contribution in [3.8, 4) is 11.5 Å². The molecular weight excluding hydrogens is 342 g/mol. The van der Waals surface area contributed by atoms with Crippen molar-refractivity contribution >= 4 is 5.91 Å². The van der Waals surface area contributed by atoms with Gasteiger partial charge in [0.1, 0.15) is 0 Å². The summed E-state index contributed by atoms with van der Waals surface area (Å²) in [6.07, 6.45) is 4.27. The largest absolute Gasteiger partial charge is 0.504 e. The van der Waals surface area contributed by atoms with Gasteiger partial charge in [0.15, 0.2) is 11.5 Å². The lowest BCUT2D eigenvalue weighted by Crippen LogP contribution is -2.60. The second-order valence-electron chi connectivity index (χ2n) is 7.74. The maximum absolute atomic E-state index is 12.4. The fraction of sp³-hybridized carbons (Fsp3) is 0.571. The molecule has 3 rings (SSSR count). The van der Waals surface area contributed by atoms with Gasteiger partial charge < -0.3 is 14.7 Å². The number of phenolic OH excluding ortho intramolecular Hbond substituents is 1. The molecule has 0 aromatic heterocycles. The fourth-order valence-corrected chi connectivity index (χ4v) is 4.35. The van der Waals surface area contributed by atoms with Crippen molar-refractivity contribution in [2.45, 2.75) is 31.3 Å². The third kappa shape index (κ3) is 4.28. The van der Waals surface area contributed by atoms with Crippen LogP contribution in [0.4, 0.5) is 0 Å². The van der Waals surface area contributed by atoms with Gasteiger partial charge in [0.25, 0.3) is 0 Å². The monoisotopic (exact) mass is 373 g/mol. The summed E-state index contributed by atoms with van der Waals surface area (Å²) in [6.45, 7) is 8.88. The minimum Gasteiger partial charge on any atom is -0.504 e. The van der Waals surface area contributed by atoms with Crippen LogP contribution in [0.5, 0.6) is 11.5 Å². The quantitative estimate of drug-likeness (QED) is 0.801. The summed E-state index contributed by atoms with van der Waals surface area (Å²) in [5.41, 5.74) is 1.10. The van der Waals surface area contributed by atoms with E-state index in [1.54, 1.807) is 13.2 Å². The van der Waals surface area contributed by atoms with E-state index in [4.69, 9.17) is 4.74 Å². The van der Waals surface area contributed by atoms with Gasteiger partial charge in [0, 0.05) is 51.2 Å². The lowest BCUT2D eigenvalue weighted by atomic mass is 9.86. The first-order chi connectivity index (χ1) is 13.0. The number of likely N-dealkylation sites (tertiary alicyclic amines) is 1. The highest BCUT2D eigenvalue weighted by Crippen LogP contribution is 2.33. The number of benzene rings is 1. The molecule has 1 aromatic carbocycles. The Kier molecular flexibility index (Phi) is 6.07. The minimum absolute atomic E-state index is 0.0261. The van der Waals surface area contributed by atoms with Crippen molar-refractivity contribution in [3.63, 3.8) is 0 Å². The van der Waals surface area contributed by atoms with Crippen molar-refractivity contribution in [1.82, 2.24) is 14.7 Å². The second kappa shape index (κ2) is 8.31. The van der Waals surface area contributed by atoms with E-state index in [1.807, 2.05) is 23.1 Å². The lowest BCUT2D eigenvalue weighted by molar-refractivity contribution is -0.130. The van der Waals surface area contributed by atoms with Crippen molar-refractivity contribution in [3.05, 3.63) is 36.4 Å². The Morgan fingerprint density at radius 1 is 1.30 bits per heavy atom. The summed E-state index contributed by atoms with van der Waals surface area (Å²) in [6, 6.07) is 5.60. The van der Waals surface area contributed by atoms with Crippen LogP contribution in [0.1, 0.15) is 24.8 Å². The van der Waals surface area contributed by atoms with Gasteiger partial charge in [0.05, 0.1) is 7.11 Å². The minimum atomic E-state index is 0.0261. The summed E-state index contributed by atoms with van der Waals surface area (Å²) in [5, 5.41) is 10.0. The molecule has 2 saturated heterocycles. The molecule has 27 heavy (non-hydrogen) atoms. The zero-order valence-electron chi connectivity index (χ0n) is 16.5. The molecule has 1 spiro atoms. The number of hydrogen-bond acceptors (Lipinski definition) is 5. The highest BCUT2D eigenvalue weighted by Gasteiger charge is 2.42. The van der Waals surface area contributed by atoms with E-state index in [9.17, 15) is 9.90 Å². The average molecular weight is 373 g/mol. The maximum Gasteiger partial charge on any atom is 0.222 e. The summed E-state index contributed by atoms with van der Waals surface area (Å²) in [7, 11) is 3.74. The smallest absolute Gasteiger partial charge is 0.222 e. The Labute approximate surface area is 162 Å². The fourth-order valence-electron chi connectivity index (χ4n) is 4.35. The molecule has 1 aromatic rings.